The smallest absolute Gasteiger partial charge is 0.204 e. The van der Waals surface area contributed by atoms with Crippen LogP contribution in [0.3, 0.4) is 0 Å². The Morgan fingerprint density at radius 3 is 2.58 bits per heavy atom. The normalized spacial score (nSPS) is 11.2. The van der Waals surface area contributed by atoms with Crippen molar-refractivity contribution in [2.45, 2.75) is 46.2 Å². The molecule has 0 saturated heterocycles. The second-order valence-electron chi connectivity index (χ2n) is 8.69. The topological polar surface area (TPSA) is 33.1 Å². The van der Waals surface area contributed by atoms with Crippen LogP contribution in [0.15, 0.2) is 66.7 Å². The van der Waals surface area contributed by atoms with Gasteiger partial charge in [0.05, 0.1) is 17.6 Å². The number of nitrogens with zero attached hydrogens (tertiary/aromatic N) is 3. The number of nitrogens with one attached hydrogen (secondary N) is 1. The second-order valence-corrected chi connectivity index (χ2v) is 8.69. The monoisotopic (exact) mass is 444 g/mol. The number of benzene rings is 3. The number of aryl methyl sites for hydroxylation is 1. The number of unbranched alkanes of at least 4 members (excludes halogenated alkanes) is 2. The molecule has 0 amide bonds. The van der Waals surface area contributed by atoms with Crippen molar-refractivity contribution >= 4 is 22.7 Å². The third kappa shape index (κ3) is 5.36. The Kier molecular flexibility index (Phi) is 7.28. The molecule has 0 aliphatic heterocycles. The van der Waals surface area contributed by atoms with Gasteiger partial charge in [0.2, 0.25) is 5.95 Å². The molecule has 0 spiro atoms. The minimum Gasteiger partial charge on any atom is -0.374 e. The van der Waals surface area contributed by atoms with Crippen LogP contribution in [0.25, 0.3) is 11.0 Å². The third-order valence-electron chi connectivity index (χ3n) is 6.23. The average molecular weight is 445 g/mol. The molecule has 0 fully saturated rings. The summed E-state index contributed by atoms with van der Waals surface area (Å²) >= 11 is 0. The lowest BCUT2D eigenvalue weighted by Crippen LogP contribution is -2.21. The molecule has 0 bridgehead atoms. The summed E-state index contributed by atoms with van der Waals surface area (Å²) in [5.74, 6) is 0.578. The number of aromatic nitrogens is 2. The minimum absolute atomic E-state index is 0.217. The largest absolute Gasteiger partial charge is 0.374 e. The molecule has 1 aromatic heterocycles. The summed E-state index contributed by atoms with van der Waals surface area (Å²) in [6.45, 7) is 6.52. The lowest BCUT2D eigenvalue weighted by Gasteiger charge is -2.23. The second kappa shape index (κ2) is 10.5. The van der Waals surface area contributed by atoms with E-state index in [0.29, 0.717) is 6.54 Å². The Balaban J connectivity index is 1.61. The van der Waals surface area contributed by atoms with Crippen molar-refractivity contribution in [2.75, 3.05) is 23.8 Å². The standard InChI is InChI=1S/C28H33FN4/c1-4-5-10-17-32(3)26-16-15-24(29)18-23(26)19-30-28-31-25-13-8-9-14-27(25)33(28)20-22-12-7-6-11-21(22)2/h6-9,11-16,18H,4-5,10,17,19-20H2,1-3H3,(H,30,31). The van der Waals surface area contributed by atoms with Crippen LogP contribution in [0, 0.1) is 12.7 Å². The van der Waals surface area contributed by atoms with E-state index in [1.807, 2.05) is 24.3 Å². The van der Waals surface area contributed by atoms with Crippen LogP contribution in [0.5, 0.6) is 0 Å². The van der Waals surface area contributed by atoms with E-state index in [0.717, 1.165) is 47.7 Å². The molecule has 1 heterocycles. The van der Waals surface area contributed by atoms with Gasteiger partial charge in [-0.2, -0.15) is 0 Å². The number of halogens is 1. The van der Waals surface area contributed by atoms with Gasteiger partial charge in [0.25, 0.3) is 0 Å². The number of anilines is 2. The van der Waals surface area contributed by atoms with Gasteiger partial charge in [-0.1, -0.05) is 56.2 Å². The molecule has 33 heavy (non-hydrogen) atoms. The minimum atomic E-state index is -0.217. The highest BCUT2D eigenvalue weighted by molar-refractivity contribution is 5.78. The zero-order valence-corrected chi connectivity index (χ0v) is 19.8. The molecule has 0 unspecified atom stereocenters. The van der Waals surface area contributed by atoms with Crippen molar-refractivity contribution < 1.29 is 4.39 Å². The van der Waals surface area contributed by atoms with E-state index >= 15 is 0 Å². The van der Waals surface area contributed by atoms with Gasteiger partial charge < -0.3 is 14.8 Å². The van der Waals surface area contributed by atoms with Gasteiger partial charge in [-0.05, 0) is 60.4 Å². The van der Waals surface area contributed by atoms with Gasteiger partial charge in [0.1, 0.15) is 5.82 Å². The Hall–Kier alpha value is -3.34. The van der Waals surface area contributed by atoms with E-state index in [4.69, 9.17) is 4.98 Å². The third-order valence-corrected chi connectivity index (χ3v) is 6.23. The van der Waals surface area contributed by atoms with Gasteiger partial charge in [-0.15, -0.1) is 0 Å². The highest BCUT2D eigenvalue weighted by atomic mass is 19.1. The van der Waals surface area contributed by atoms with Crippen molar-refractivity contribution in [2.24, 2.45) is 0 Å². The van der Waals surface area contributed by atoms with Gasteiger partial charge in [0, 0.05) is 25.8 Å². The first-order valence-corrected chi connectivity index (χ1v) is 11.8. The van der Waals surface area contributed by atoms with E-state index in [1.54, 1.807) is 12.1 Å². The molecule has 0 aliphatic rings. The molecular weight excluding hydrogens is 411 g/mol. The molecule has 4 rings (SSSR count). The van der Waals surface area contributed by atoms with Gasteiger partial charge in [0.15, 0.2) is 0 Å². The number of hydrogen-bond acceptors (Lipinski definition) is 3. The molecule has 0 atom stereocenters. The number of para-hydroxylation sites is 2. The highest BCUT2D eigenvalue weighted by Crippen LogP contribution is 2.25. The van der Waals surface area contributed by atoms with E-state index < -0.39 is 0 Å². The Morgan fingerprint density at radius 2 is 1.76 bits per heavy atom. The molecule has 4 aromatic rings. The summed E-state index contributed by atoms with van der Waals surface area (Å²) in [5, 5.41) is 3.51. The lowest BCUT2D eigenvalue weighted by atomic mass is 10.1. The zero-order chi connectivity index (χ0) is 23.2. The van der Waals surface area contributed by atoms with Gasteiger partial charge in [-0.25, -0.2) is 9.37 Å². The number of fused-ring (bicyclic) bond motifs is 1. The van der Waals surface area contributed by atoms with Crippen LogP contribution in [0.2, 0.25) is 0 Å². The molecule has 3 aromatic carbocycles. The van der Waals surface area contributed by atoms with E-state index in [1.165, 1.54) is 24.0 Å². The molecule has 1 N–H and O–H groups in total. The summed E-state index contributed by atoms with van der Waals surface area (Å²) in [7, 11) is 2.08. The maximum atomic E-state index is 14.2. The van der Waals surface area contributed by atoms with E-state index in [-0.39, 0.29) is 5.82 Å². The summed E-state index contributed by atoms with van der Waals surface area (Å²) in [6.07, 6.45) is 3.51. The summed E-state index contributed by atoms with van der Waals surface area (Å²) in [4.78, 5) is 7.08. The maximum absolute atomic E-state index is 14.2. The van der Waals surface area contributed by atoms with Gasteiger partial charge >= 0.3 is 0 Å². The molecule has 0 aliphatic carbocycles. The first-order chi connectivity index (χ1) is 16.1. The van der Waals surface area contributed by atoms with Crippen LogP contribution >= 0.6 is 0 Å². The Labute approximate surface area is 196 Å². The van der Waals surface area contributed by atoms with Crippen LogP contribution < -0.4 is 10.2 Å². The first kappa shape index (κ1) is 22.8. The Bertz CT molecular complexity index is 1210. The van der Waals surface area contributed by atoms with Crippen molar-refractivity contribution in [1.29, 1.82) is 0 Å². The molecule has 0 saturated carbocycles. The summed E-state index contributed by atoms with van der Waals surface area (Å²) < 4.78 is 16.4. The molecule has 5 heteroatoms. The predicted molar refractivity (Wildman–Crippen MR) is 137 cm³/mol. The number of rotatable bonds is 10. The average Bonchev–Trinajstić information content (AvgIpc) is 3.16. The Morgan fingerprint density at radius 1 is 0.970 bits per heavy atom. The van der Waals surface area contributed by atoms with Crippen LogP contribution in [0.1, 0.15) is 42.9 Å². The first-order valence-electron chi connectivity index (χ1n) is 11.8. The molecule has 0 radical (unpaired) electrons. The fourth-order valence-electron chi connectivity index (χ4n) is 4.29. The van der Waals surface area contributed by atoms with Crippen molar-refractivity contribution in [3.8, 4) is 0 Å². The molecule has 172 valence electrons. The SMILES string of the molecule is CCCCCN(C)c1ccc(F)cc1CNc1nc2ccccc2n1Cc1ccccc1C. The van der Waals surface area contributed by atoms with Crippen LogP contribution in [-0.2, 0) is 13.1 Å². The van der Waals surface area contributed by atoms with E-state index in [9.17, 15) is 4.39 Å². The fourth-order valence-corrected chi connectivity index (χ4v) is 4.29. The maximum Gasteiger partial charge on any atom is 0.204 e. The summed E-state index contributed by atoms with van der Waals surface area (Å²) in [5.41, 5.74) is 6.53. The van der Waals surface area contributed by atoms with Crippen molar-refractivity contribution in [3.05, 3.63) is 89.2 Å². The molecular formula is C28H33FN4. The van der Waals surface area contributed by atoms with Crippen molar-refractivity contribution in [1.82, 2.24) is 9.55 Å². The summed E-state index contributed by atoms with van der Waals surface area (Å²) in [6, 6.07) is 21.7. The quantitative estimate of drug-likeness (QED) is 0.274. The number of imidazole rings is 1. The van der Waals surface area contributed by atoms with Crippen LogP contribution in [-0.4, -0.2) is 23.1 Å². The molecule has 4 nitrogen and oxygen atoms in total. The number of hydrogen-bond donors (Lipinski definition) is 1. The van der Waals surface area contributed by atoms with Crippen LogP contribution in [0.4, 0.5) is 16.0 Å². The van der Waals surface area contributed by atoms with E-state index in [2.05, 4.69) is 66.0 Å². The zero-order valence-electron chi connectivity index (χ0n) is 19.8. The lowest BCUT2D eigenvalue weighted by molar-refractivity contribution is 0.625. The van der Waals surface area contributed by atoms with Gasteiger partial charge in [-0.3, -0.25) is 0 Å². The highest BCUT2D eigenvalue weighted by Gasteiger charge is 2.14. The van der Waals surface area contributed by atoms with Crippen molar-refractivity contribution in [3.63, 3.8) is 0 Å². The predicted octanol–water partition coefficient (Wildman–Crippen LogP) is 6.77. The fraction of sp³-hybridized carbons (Fsp3) is 0.321.